The summed E-state index contributed by atoms with van der Waals surface area (Å²) in [7, 11) is 1.51. The first-order chi connectivity index (χ1) is 15.3. The summed E-state index contributed by atoms with van der Waals surface area (Å²) in [5.74, 6) is 0.403. The molecule has 0 spiro atoms. The summed E-state index contributed by atoms with van der Waals surface area (Å²) in [5, 5.41) is 3.68. The largest absolute Gasteiger partial charge is 0.495 e. The molecule has 8 heteroatoms. The van der Waals surface area contributed by atoms with Crippen molar-refractivity contribution in [3.05, 3.63) is 58.1 Å². The number of ether oxygens (including phenoxy) is 1. The van der Waals surface area contributed by atoms with Crippen molar-refractivity contribution in [1.29, 1.82) is 0 Å². The Labute approximate surface area is 198 Å². The summed E-state index contributed by atoms with van der Waals surface area (Å²) in [6, 6.07) is 10.9. The Kier molecular flexibility index (Phi) is 8.04. The number of amides is 2. The maximum absolute atomic E-state index is 12.3. The maximum Gasteiger partial charge on any atom is 0.248 e. The monoisotopic (exact) mass is 475 g/mol. The molecule has 0 radical (unpaired) electrons. The highest BCUT2D eigenvalue weighted by Gasteiger charge is 2.22. The molecule has 0 bridgehead atoms. The first-order valence-electron chi connectivity index (χ1n) is 10.4. The number of anilines is 2. The van der Waals surface area contributed by atoms with Crippen molar-refractivity contribution in [2.75, 3.05) is 43.5 Å². The number of hydrogen-bond acceptors (Lipinski definition) is 4. The zero-order chi connectivity index (χ0) is 23.3. The lowest BCUT2D eigenvalue weighted by molar-refractivity contribution is -0.134. The summed E-state index contributed by atoms with van der Waals surface area (Å²) < 4.78 is 5.28. The van der Waals surface area contributed by atoms with Gasteiger partial charge in [-0.25, -0.2) is 0 Å². The van der Waals surface area contributed by atoms with Gasteiger partial charge in [-0.1, -0.05) is 37.0 Å². The molecular weight excluding hydrogens is 449 g/mol. The van der Waals surface area contributed by atoms with E-state index in [0.29, 0.717) is 27.0 Å². The van der Waals surface area contributed by atoms with Crippen LogP contribution in [0.5, 0.6) is 5.75 Å². The molecule has 0 atom stereocenters. The fraction of sp³-hybridized carbons (Fsp3) is 0.333. The molecule has 32 heavy (non-hydrogen) atoms. The van der Waals surface area contributed by atoms with E-state index in [1.807, 2.05) is 43.0 Å². The molecule has 2 amide bonds. The van der Waals surface area contributed by atoms with Crippen LogP contribution in [0.4, 0.5) is 11.4 Å². The van der Waals surface area contributed by atoms with Crippen LogP contribution in [0.1, 0.15) is 19.4 Å². The second-order valence-electron chi connectivity index (χ2n) is 7.85. The van der Waals surface area contributed by atoms with E-state index in [2.05, 4.69) is 10.2 Å². The third-order valence-electron chi connectivity index (χ3n) is 5.24. The molecule has 170 valence electrons. The third kappa shape index (κ3) is 5.96. The summed E-state index contributed by atoms with van der Waals surface area (Å²) in [6.45, 7) is 6.87. The minimum absolute atomic E-state index is 0.0236. The summed E-state index contributed by atoms with van der Waals surface area (Å²) in [4.78, 5) is 28.6. The molecule has 1 N–H and O–H groups in total. The van der Waals surface area contributed by atoms with Crippen molar-refractivity contribution in [1.82, 2.24) is 4.90 Å². The molecule has 0 saturated carbocycles. The zero-order valence-corrected chi connectivity index (χ0v) is 19.9. The molecule has 0 unspecified atom stereocenters. The van der Waals surface area contributed by atoms with Crippen molar-refractivity contribution in [2.45, 2.75) is 13.8 Å². The van der Waals surface area contributed by atoms with Gasteiger partial charge in [-0.05, 0) is 42.5 Å². The SMILES string of the molecule is COc1c(Cl)cc(Cl)cc1/C=C/C(=O)Nc1ccc(N2CCN(C(=O)C(C)C)CC2)cc1. The van der Waals surface area contributed by atoms with E-state index in [-0.39, 0.29) is 17.7 Å². The normalized spacial score (nSPS) is 14.2. The van der Waals surface area contributed by atoms with Crippen molar-refractivity contribution < 1.29 is 14.3 Å². The number of halogens is 2. The predicted molar refractivity (Wildman–Crippen MR) is 131 cm³/mol. The third-order valence-corrected chi connectivity index (χ3v) is 5.74. The van der Waals surface area contributed by atoms with Crippen LogP contribution in [0, 0.1) is 5.92 Å². The van der Waals surface area contributed by atoms with Crippen LogP contribution in [0.2, 0.25) is 10.0 Å². The van der Waals surface area contributed by atoms with E-state index in [4.69, 9.17) is 27.9 Å². The molecule has 1 fully saturated rings. The number of methoxy groups -OCH3 is 1. The van der Waals surface area contributed by atoms with Gasteiger partial charge in [0.25, 0.3) is 0 Å². The molecule has 1 heterocycles. The molecule has 0 aliphatic carbocycles. The van der Waals surface area contributed by atoms with Gasteiger partial charge in [0, 0.05) is 60.1 Å². The topological polar surface area (TPSA) is 61.9 Å². The molecule has 2 aromatic rings. The van der Waals surface area contributed by atoms with Crippen LogP contribution in [0.15, 0.2) is 42.5 Å². The van der Waals surface area contributed by atoms with E-state index in [1.165, 1.54) is 13.2 Å². The van der Waals surface area contributed by atoms with Crippen LogP contribution in [0.3, 0.4) is 0 Å². The van der Waals surface area contributed by atoms with E-state index in [9.17, 15) is 9.59 Å². The van der Waals surface area contributed by atoms with Gasteiger partial charge in [0.2, 0.25) is 11.8 Å². The first-order valence-corrected chi connectivity index (χ1v) is 11.2. The molecular formula is C24H27Cl2N3O3. The van der Waals surface area contributed by atoms with Gasteiger partial charge in [-0.3, -0.25) is 9.59 Å². The Bertz CT molecular complexity index is 998. The lowest BCUT2D eigenvalue weighted by Gasteiger charge is -2.37. The molecule has 1 aliphatic heterocycles. The Morgan fingerprint density at radius 1 is 1.06 bits per heavy atom. The van der Waals surface area contributed by atoms with Gasteiger partial charge < -0.3 is 19.9 Å². The highest BCUT2D eigenvalue weighted by molar-refractivity contribution is 6.36. The van der Waals surface area contributed by atoms with E-state index in [1.54, 1.807) is 18.2 Å². The van der Waals surface area contributed by atoms with Gasteiger partial charge in [0.05, 0.1) is 12.1 Å². The van der Waals surface area contributed by atoms with Crippen LogP contribution < -0.4 is 15.0 Å². The van der Waals surface area contributed by atoms with E-state index in [0.717, 1.165) is 31.9 Å². The number of piperazine rings is 1. The standard InChI is InChI=1S/C24H27Cl2N3O3/c1-16(2)24(31)29-12-10-28(11-13-29)20-7-5-19(6-8-20)27-22(30)9-4-17-14-18(25)15-21(26)23(17)32-3/h4-9,14-16H,10-13H2,1-3H3,(H,27,30)/b9-4+. The van der Waals surface area contributed by atoms with Crippen LogP contribution >= 0.6 is 23.2 Å². The van der Waals surface area contributed by atoms with Crippen LogP contribution in [-0.2, 0) is 9.59 Å². The quantitative estimate of drug-likeness (QED) is 0.599. The highest BCUT2D eigenvalue weighted by Crippen LogP contribution is 2.33. The van der Waals surface area contributed by atoms with Gasteiger partial charge in [-0.15, -0.1) is 0 Å². The minimum atomic E-state index is -0.281. The molecule has 0 aromatic heterocycles. The molecule has 2 aromatic carbocycles. The Balaban J connectivity index is 1.58. The second kappa shape index (κ2) is 10.7. The number of hydrogen-bond donors (Lipinski definition) is 1. The lowest BCUT2D eigenvalue weighted by atomic mass is 10.1. The Morgan fingerprint density at radius 2 is 1.72 bits per heavy atom. The van der Waals surface area contributed by atoms with E-state index < -0.39 is 0 Å². The number of benzene rings is 2. The minimum Gasteiger partial charge on any atom is -0.495 e. The fourth-order valence-corrected chi connectivity index (χ4v) is 4.16. The van der Waals surface area contributed by atoms with Crippen LogP contribution in [0.25, 0.3) is 6.08 Å². The maximum atomic E-state index is 12.3. The number of nitrogens with zero attached hydrogens (tertiary/aromatic N) is 2. The summed E-state index contributed by atoms with van der Waals surface area (Å²) >= 11 is 12.2. The Morgan fingerprint density at radius 3 is 2.31 bits per heavy atom. The predicted octanol–water partition coefficient (Wildman–Crippen LogP) is 4.96. The number of carbonyl (C=O) groups excluding carboxylic acids is 2. The van der Waals surface area contributed by atoms with Crippen molar-refractivity contribution >= 4 is 52.5 Å². The highest BCUT2D eigenvalue weighted by atomic mass is 35.5. The molecule has 6 nitrogen and oxygen atoms in total. The summed E-state index contributed by atoms with van der Waals surface area (Å²) in [5.41, 5.74) is 2.37. The first kappa shape index (κ1) is 24.0. The zero-order valence-electron chi connectivity index (χ0n) is 18.4. The number of rotatable bonds is 6. The Hall–Kier alpha value is -2.70. The van der Waals surface area contributed by atoms with Crippen molar-refractivity contribution in [3.63, 3.8) is 0 Å². The van der Waals surface area contributed by atoms with Gasteiger partial charge in [-0.2, -0.15) is 0 Å². The number of carbonyl (C=O) groups is 2. The molecule has 1 aliphatic rings. The lowest BCUT2D eigenvalue weighted by Crippen LogP contribution is -2.49. The molecule has 1 saturated heterocycles. The molecule has 3 rings (SSSR count). The van der Waals surface area contributed by atoms with Crippen LogP contribution in [-0.4, -0.2) is 50.0 Å². The fourth-order valence-electron chi connectivity index (χ4n) is 3.57. The average molecular weight is 476 g/mol. The van der Waals surface area contributed by atoms with Gasteiger partial charge in [0.1, 0.15) is 5.75 Å². The second-order valence-corrected chi connectivity index (χ2v) is 8.69. The van der Waals surface area contributed by atoms with Gasteiger partial charge in [0.15, 0.2) is 0 Å². The van der Waals surface area contributed by atoms with Gasteiger partial charge >= 0.3 is 0 Å². The van der Waals surface area contributed by atoms with Crippen molar-refractivity contribution in [3.8, 4) is 5.75 Å². The number of nitrogens with one attached hydrogen (secondary N) is 1. The van der Waals surface area contributed by atoms with E-state index >= 15 is 0 Å². The van der Waals surface area contributed by atoms with Crippen molar-refractivity contribution in [2.24, 2.45) is 5.92 Å². The smallest absolute Gasteiger partial charge is 0.248 e. The summed E-state index contributed by atoms with van der Waals surface area (Å²) in [6.07, 6.45) is 3.02. The average Bonchev–Trinajstić information content (AvgIpc) is 2.77.